The summed E-state index contributed by atoms with van der Waals surface area (Å²) in [5.74, 6) is -0.0799. The zero-order valence-corrected chi connectivity index (χ0v) is 9.82. The highest BCUT2D eigenvalue weighted by molar-refractivity contribution is 6.31. The molecule has 1 aromatic heterocycles. The largest absolute Gasteiger partial charge is 0.398 e. The quantitative estimate of drug-likeness (QED) is 0.848. The maximum Gasteiger partial charge on any atom is 0.170 e. The van der Waals surface area contributed by atoms with Gasteiger partial charge in [0.2, 0.25) is 0 Å². The van der Waals surface area contributed by atoms with E-state index in [0.29, 0.717) is 16.3 Å². The van der Waals surface area contributed by atoms with Crippen LogP contribution in [0, 0.1) is 0 Å². The van der Waals surface area contributed by atoms with Crippen molar-refractivity contribution < 1.29 is 4.79 Å². The van der Waals surface area contributed by atoms with E-state index in [1.165, 1.54) is 6.20 Å². The number of anilines is 1. The fourth-order valence-electron chi connectivity index (χ4n) is 1.55. The number of benzene rings is 1. The topological polar surface area (TPSA) is 56.0 Å². The van der Waals surface area contributed by atoms with Crippen LogP contribution in [0.5, 0.6) is 0 Å². The maximum absolute atomic E-state index is 12.0. The fourth-order valence-corrected chi connectivity index (χ4v) is 1.75. The first-order valence-corrected chi connectivity index (χ1v) is 5.52. The van der Waals surface area contributed by atoms with Crippen molar-refractivity contribution in [3.05, 3.63) is 58.9 Å². The van der Waals surface area contributed by atoms with Gasteiger partial charge in [-0.2, -0.15) is 0 Å². The number of carbonyl (C=O) groups excluding carboxylic acids is 1. The molecule has 0 fully saturated rings. The van der Waals surface area contributed by atoms with E-state index in [1.54, 1.807) is 18.3 Å². The maximum atomic E-state index is 12.0. The standard InChI is InChI=1S/C13H11ClN2O/c14-11-4-2-1-3-9(11)7-13(17)10-8-16-6-5-12(10)15/h1-6,8H,7H2,(H2,15,16). The van der Waals surface area contributed by atoms with Gasteiger partial charge in [-0.1, -0.05) is 29.8 Å². The zero-order chi connectivity index (χ0) is 12.3. The number of nitrogens with two attached hydrogens (primary N) is 1. The molecule has 0 saturated carbocycles. The third-order valence-electron chi connectivity index (χ3n) is 2.46. The van der Waals surface area contributed by atoms with Gasteiger partial charge in [0.1, 0.15) is 0 Å². The van der Waals surface area contributed by atoms with Gasteiger partial charge in [-0.25, -0.2) is 0 Å². The van der Waals surface area contributed by atoms with Crippen LogP contribution in [0.3, 0.4) is 0 Å². The molecule has 2 N–H and O–H groups in total. The van der Waals surface area contributed by atoms with Crippen LogP contribution in [-0.4, -0.2) is 10.8 Å². The van der Waals surface area contributed by atoms with E-state index in [0.717, 1.165) is 5.56 Å². The van der Waals surface area contributed by atoms with Gasteiger partial charge in [-0.3, -0.25) is 9.78 Å². The molecule has 0 spiro atoms. The number of nitrogens with zero attached hydrogens (tertiary/aromatic N) is 1. The van der Waals surface area contributed by atoms with Gasteiger partial charge in [0.15, 0.2) is 5.78 Å². The van der Waals surface area contributed by atoms with Gasteiger partial charge in [0.25, 0.3) is 0 Å². The molecule has 0 aliphatic heterocycles. The highest BCUT2D eigenvalue weighted by Gasteiger charge is 2.11. The molecule has 0 bridgehead atoms. The SMILES string of the molecule is Nc1ccncc1C(=O)Cc1ccccc1Cl. The minimum atomic E-state index is -0.0799. The summed E-state index contributed by atoms with van der Waals surface area (Å²) in [6.45, 7) is 0. The Labute approximate surface area is 104 Å². The number of rotatable bonds is 3. The summed E-state index contributed by atoms with van der Waals surface area (Å²) < 4.78 is 0. The molecule has 0 unspecified atom stereocenters. The Bertz CT molecular complexity index is 555. The third kappa shape index (κ3) is 2.63. The molecule has 4 heteroatoms. The Morgan fingerprint density at radius 3 is 2.76 bits per heavy atom. The fraction of sp³-hybridized carbons (Fsp3) is 0.0769. The lowest BCUT2D eigenvalue weighted by molar-refractivity contribution is 0.0993. The molecule has 0 atom stereocenters. The summed E-state index contributed by atoms with van der Waals surface area (Å²) in [7, 11) is 0. The second-order valence-electron chi connectivity index (χ2n) is 3.65. The second kappa shape index (κ2) is 4.97. The van der Waals surface area contributed by atoms with E-state index in [1.807, 2.05) is 18.2 Å². The lowest BCUT2D eigenvalue weighted by Crippen LogP contribution is -2.07. The molecule has 0 saturated heterocycles. The number of Topliss-reactive ketones (excluding diaryl/α,β-unsaturated/α-hetero) is 1. The van der Waals surface area contributed by atoms with Crippen LogP contribution >= 0.6 is 11.6 Å². The smallest absolute Gasteiger partial charge is 0.170 e. The van der Waals surface area contributed by atoms with Crippen LogP contribution in [0.1, 0.15) is 15.9 Å². The van der Waals surface area contributed by atoms with Crippen molar-refractivity contribution in [1.82, 2.24) is 4.98 Å². The summed E-state index contributed by atoms with van der Waals surface area (Å²) in [5.41, 5.74) is 7.39. The number of carbonyl (C=O) groups is 1. The molecule has 1 aromatic carbocycles. The van der Waals surface area contributed by atoms with Crippen molar-refractivity contribution in [3.8, 4) is 0 Å². The number of ketones is 1. The molecule has 0 radical (unpaired) electrons. The van der Waals surface area contributed by atoms with Gasteiger partial charge in [0.05, 0.1) is 5.56 Å². The monoisotopic (exact) mass is 246 g/mol. The summed E-state index contributed by atoms with van der Waals surface area (Å²) >= 11 is 6.00. The number of halogens is 1. The van der Waals surface area contributed by atoms with E-state index in [9.17, 15) is 4.79 Å². The molecule has 3 nitrogen and oxygen atoms in total. The van der Waals surface area contributed by atoms with E-state index in [-0.39, 0.29) is 12.2 Å². The lowest BCUT2D eigenvalue weighted by atomic mass is 10.0. The van der Waals surface area contributed by atoms with E-state index in [2.05, 4.69) is 4.98 Å². The van der Waals surface area contributed by atoms with Crippen LogP contribution in [-0.2, 0) is 6.42 Å². The van der Waals surface area contributed by atoms with Crippen LogP contribution in [0.4, 0.5) is 5.69 Å². The van der Waals surface area contributed by atoms with Crippen molar-refractivity contribution in [2.45, 2.75) is 6.42 Å². The Morgan fingerprint density at radius 1 is 1.29 bits per heavy atom. The molecular formula is C13H11ClN2O. The molecule has 2 rings (SSSR count). The minimum absolute atomic E-state index is 0.0799. The number of nitrogen functional groups attached to an aromatic ring is 1. The van der Waals surface area contributed by atoms with Crippen molar-refractivity contribution in [3.63, 3.8) is 0 Å². The summed E-state index contributed by atoms with van der Waals surface area (Å²) in [6.07, 6.45) is 3.27. The van der Waals surface area contributed by atoms with Gasteiger partial charge in [-0.15, -0.1) is 0 Å². The first-order valence-electron chi connectivity index (χ1n) is 5.14. The van der Waals surface area contributed by atoms with Crippen LogP contribution < -0.4 is 5.73 Å². The summed E-state index contributed by atoms with van der Waals surface area (Å²) in [4.78, 5) is 15.9. The molecule has 0 aliphatic rings. The van der Waals surface area contributed by atoms with Crippen LogP contribution in [0.2, 0.25) is 5.02 Å². The van der Waals surface area contributed by atoms with E-state index >= 15 is 0 Å². The molecule has 0 aliphatic carbocycles. The average Bonchev–Trinajstić information content (AvgIpc) is 2.32. The summed E-state index contributed by atoms with van der Waals surface area (Å²) in [5, 5.41) is 0.586. The Balaban J connectivity index is 2.24. The molecule has 17 heavy (non-hydrogen) atoms. The number of aromatic nitrogens is 1. The first-order chi connectivity index (χ1) is 8.18. The van der Waals surface area contributed by atoms with Gasteiger partial charge in [0, 0.05) is 29.5 Å². The third-order valence-corrected chi connectivity index (χ3v) is 2.83. The second-order valence-corrected chi connectivity index (χ2v) is 4.06. The predicted molar refractivity (Wildman–Crippen MR) is 68.1 cm³/mol. The highest BCUT2D eigenvalue weighted by Crippen LogP contribution is 2.18. The molecule has 1 heterocycles. The van der Waals surface area contributed by atoms with Gasteiger partial charge in [-0.05, 0) is 17.7 Å². The average molecular weight is 247 g/mol. The van der Waals surface area contributed by atoms with Crippen molar-refractivity contribution in [2.75, 3.05) is 5.73 Å². The van der Waals surface area contributed by atoms with E-state index in [4.69, 9.17) is 17.3 Å². The summed E-state index contributed by atoms with van der Waals surface area (Å²) in [6, 6.07) is 8.87. The van der Waals surface area contributed by atoms with Crippen molar-refractivity contribution in [1.29, 1.82) is 0 Å². The van der Waals surface area contributed by atoms with Gasteiger partial charge < -0.3 is 5.73 Å². The normalized spacial score (nSPS) is 10.2. The molecule has 86 valence electrons. The van der Waals surface area contributed by atoms with Gasteiger partial charge >= 0.3 is 0 Å². The number of pyridine rings is 1. The Kier molecular flexibility index (Phi) is 3.40. The highest BCUT2D eigenvalue weighted by atomic mass is 35.5. The minimum Gasteiger partial charge on any atom is -0.398 e. The molecule has 2 aromatic rings. The van der Waals surface area contributed by atoms with Crippen LogP contribution in [0.25, 0.3) is 0 Å². The van der Waals surface area contributed by atoms with Crippen molar-refractivity contribution in [2.24, 2.45) is 0 Å². The van der Waals surface area contributed by atoms with Crippen LogP contribution in [0.15, 0.2) is 42.7 Å². The number of hydrogen-bond donors (Lipinski definition) is 1. The Morgan fingerprint density at radius 2 is 2.06 bits per heavy atom. The predicted octanol–water partition coefficient (Wildman–Crippen LogP) is 2.74. The first kappa shape index (κ1) is 11.6. The van der Waals surface area contributed by atoms with Crippen molar-refractivity contribution >= 4 is 23.1 Å². The van der Waals surface area contributed by atoms with E-state index < -0.39 is 0 Å². The number of hydrogen-bond acceptors (Lipinski definition) is 3. The zero-order valence-electron chi connectivity index (χ0n) is 9.06. The Hall–Kier alpha value is -1.87. The molecular weight excluding hydrogens is 236 g/mol. The molecule has 0 amide bonds. The lowest BCUT2D eigenvalue weighted by Gasteiger charge is -2.05.